The minimum Gasteiger partial charge on any atom is -0.212 e. The van der Waals surface area contributed by atoms with E-state index in [1.54, 1.807) is 4.31 Å². The molecule has 1 saturated heterocycles. The van der Waals surface area contributed by atoms with Gasteiger partial charge in [0, 0.05) is 19.0 Å². The largest absolute Gasteiger partial charge is 0.214 e. The van der Waals surface area contributed by atoms with Crippen molar-refractivity contribution in [3.8, 4) is 0 Å². The molecule has 0 aliphatic carbocycles. The highest BCUT2D eigenvalue weighted by molar-refractivity contribution is 7.89. The summed E-state index contributed by atoms with van der Waals surface area (Å²) in [5.41, 5.74) is 0.222. The fourth-order valence-electron chi connectivity index (χ4n) is 2.47. The van der Waals surface area contributed by atoms with E-state index >= 15 is 0 Å². The summed E-state index contributed by atoms with van der Waals surface area (Å²) in [6.45, 7) is 5.73. The van der Waals surface area contributed by atoms with Crippen LogP contribution in [0.1, 0.15) is 46.0 Å². The van der Waals surface area contributed by atoms with E-state index in [1.165, 1.54) is 0 Å². The number of alkyl halides is 1. The molecule has 0 aromatic rings. The lowest BCUT2D eigenvalue weighted by atomic mass is 9.82. The van der Waals surface area contributed by atoms with E-state index in [-0.39, 0.29) is 11.2 Å². The average Bonchev–Trinajstić information content (AvgIpc) is 2.75. The van der Waals surface area contributed by atoms with Crippen LogP contribution < -0.4 is 0 Å². The minimum atomic E-state index is -3.05. The van der Waals surface area contributed by atoms with Crippen LogP contribution in [0.4, 0.5) is 0 Å². The molecule has 0 spiro atoms. The van der Waals surface area contributed by atoms with Crippen molar-refractivity contribution in [2.75, 3.05) is 24.7 Å². The van der Waals surface area contributed by atoms with Gasteiger partial charge in [0.05, 0.1) is 5.75 Å². The number of rotatable bonds is 7. The van der Waals surface area contributed by atoms with Crippen LogP contribution >= 0.6 is 11.6 Å². The van der Waals surface area contributed by atoms with Crippen molar-refractivity contribution >= 4 is 21.6 Å². The summed E-state index contributed by atoms with van der Waals surface area (Å²) in [6.07, 6.45) is 4.60. The fraction of sp³-hybridized carbons (Fsp3) is 1.00. The Kier molecular flexibility index (Phi) is 5.74. The SMILES string of the molecule is CCC1(CC)CCN(S(=O)(=O)CCCCCl)C1. The van der Waals surface area contributed by atoms with Crippen LogP contribution in [0.2, 0.25) is 0 Å². The molecule has 0 radical (unpaired) electrons. The third-order valence-electron chi connectivity index (χ3n) is 4.08. The fourth-order valence-corrected chi connectivity index (χ4v) is 4.32. The number of unbranched alkanes of at least 4 members (excludes halogenated alkanes) is 1. The molecule has 5 heteroatoms. The highest BCUT2D eigenvalue weighted by Gasteiger charge is 2.39. The summed E-state index contributed by atoms with van der Waals surface area (Å²) in [6, 6.07) is 0. The summed E-state index contributed by atoms with van der Waals surface area (Å²) in [4.78, 5) is 0. The monoisotopic (exact) mass is 281 g/mol. The normalized spacial score (nSPS) is 20.9. The van der Waals surface area contributed by atoms with E-state index in [9.17, 15) is 8.42 Å². The molecule has 0 aromatic carbocycles. The van der Waals surface area contributed by atoms with Crippen molar-refractivity contribution in [3.63, 3.8) is 0 Å². The molecular weight excluding hydrogens is 258 g/mol. The molecule has 17 heavy (non-hydrogen) atoms. The third-order valence-corrected chi connectivity index (χ3v) is 6.25. The average molecular weight is 282 g/mol. The molecule has 102 valence electrons. The van der Waals surface area contributed by atoms with Gasteiger partial charge in [-0.05, 0) is 37.5 Å². The minimum absolute atomic E-state index is 0.222. The van der Waals surface area contributed by atoms with Crippen LogP contribution in [0.15, 0.2) is 0 Å². The molecule has 0 bridgehead atoms. The van der Waals surface area contributed by atoms with Gasteiger partial charge in [-0.25, -0.2) is 12.7 Å². The first-order chi connectivity index (χ1) is 7.99. The van der Waals surface area contributed by atoms with Crippen molar-refractivity contribution in [3.05, 3.63) is 0 Å². The molecule has 0 atom stereocenters. The summed E-state index contributed by atoms with van der Waals surface area (Å²) in [7, 11) is -3.05. The van der Waals surface area contributed by atoms with Gasteiger partial charge < -0.3 is 0 Å². The highest BCUT2D eigenvalue weighted by atomic mass is 35.5. The van der Waals surface area contributed by atoms with Crippen molar-refractivity contribution in [2.24, 2.45) is 5.41 Å². The molecule has 0 saturated carbocycles. The predicted octanol–water partition coefficient (Wildman–Crippen LogP) is 2.85. The topological polar surface area (TPSA) is 37.4 Å². The second kappa shape index (κ2) is 6.39. The van der Waals surface area contributed by atoms with Crippen molar-refractivity contribution in [1.29, 1.82) is 0 Å². The molecule has 1 fully saturated rings. The molecule has 0 N–H and O–H groups in total. The van der Waals surface area contributed by atoms with Gasteiger partial charge in [-0.2, -0.15) is 0 Å². The lowest BCUT2D eigenvalue weighted by Crippen LogP contribution is -2.33. The predicted molar refractivity (Wildman–Crippen MR) is 72.9 cm³/mol. The summed E-state index contributed by atoms with van der Waals surface area (Å²) in [5.74, 6) is 0.798. The lowest BCUT2D eigenvalue weighted by molar-refractivity contribution is 0.279. The Balaban J connectivity index is 2.57. The van der Waals surface area contributed by atoms with Gasteiger partial charge in [-0.1, -0.05) is 13.8 Å². The van der Waals surface area contributed by atoms with Gasteiger partial charge >= 0.3 is 0 Å². The molecule has 1 aliphatic heterocycles. The van der Waals surface area contributed by atoms with Crippen LogP contribution in [-0.4, -0.2) is 37.4 Å². The molecule has 1 aliphatic rings. The number of hydrogen-bond acceptors (Lipinski definition) is 2. The van der Waals surface area contributed by atoms with Gasteiger partial charge in [0.1, 0.15) is 0 Å². The van der Waals surface area contributed by atoms with Gasteiger partial charge in [0.2, 0.25) is 10.0 Å². The Bertz CT molecular complexity index is 325. The van der Waals surface area contributed by atoms with Crippen LogP contribution in [-0.2, 0) is 10.0 Å². The van der Waals surface area contributed by atoms with Gasteiger partial charge in [0.15, 0.2) is 0 Å². The summed E-state index contributed by atoms with van der Waals surface area (Å²) >= 11 is 5.57. The Morgan fingerprint density at radius 2 is 1.88 bits per heavy atom. The van der Waals surface area contributed by atoms with Crippen molar-refractivity contribution < 1.29 is 8.42 Å². The van der Waals surface area contributed by atoms with E-state index in [2.05, 4.69) is 13.8 Å². The molecule has 3 nitrogen and oxygen atoms in total. The Morgan fingerprint density at radius 3 is 2.35 bits per heavy atom. The maximum absolute atomic E-state index is 12.1. The second-order valence-corrected chi connectivity index (χ2v) is 7.47. The Morgan fingerprint density at radius 1 is 1.24 bits per heavy atom. The molecule has 0 unspecified atom stereocenters. The lowest BCUT2D eigenvalue weighted by Gasteiger charge is -2.26. The summed E-state index contributed by atoms with van der Waals surface area (Å²) in [5, 5.41) is 0. The van der Waals surface area contributed by atoms with Gasteiger partial charge in [-0.15, -0.1) is 11.6 Å². The standard InChI is InChI=1S/C12H24ClNO2S/c1-3-12(4-2)7-9-14(11-12)17(15,16)10-6-5-8-13/h3-11H2,1-2H3. The van der Waals surface area contributed by atoms with E-state index in [0.29, 0.717) is 25.4 Å². The smallest absolute Gasteiger partial charge is 0.212 e. The number of halogens is 1. The first-order valence-corrected chi connectivity index (χ1v) is 8.68. The first kappa shape index (κ1) is 15.3. The van der Waals surface area contributed by atoms with Crippen LogP contribution in [0, 0.1) is 5.41 Å². The van der Waals surface area contributed by atoms with E-state index < -0.39 is 10.0 Å². The van der Waals surface area contributed by atoms with Crippen LogP contribution in [0.25, 0.3) is 0 Å². The zero-order valence-electron chi connectivity index (χ0n) is 10.9. The molecular formula is C12H24ClNO2S. The molecule has 0 aromatic heterocycles. The van der Waals surface area contributed by atoms with Crippen LogP contribution in [0.3, 0.4) is 0 Å². The van der Waals surface area contributed by atoms with Crippen LogP contribution in [0.5, 0.6) is 0 Å². The van der Waals surface area contributed by atoms with Gasteiger partial charge in [0.25, 0.3) is 0 Å². The zero-order valence-corrected chi connectivity index (χ0v) is 12.5. The highest BCUT2D eigenvalue weighted by Crippen LogP contribution is 2.38. The Hall–Kier alpha value is 0.200. The van der Waals surface area contributed by atoms with Gasteiger partial charge in [-0.3, -0.25) is 0 Å². The quantitative estimate of drug-likeness (QED) is 0.532. The molecule has 0 amide bonds. The van der Waals surface area contributed by atoms with Crippen molar-refractivity contribution in [2.45, 2.75) is 46.0 Å². The van der Waals surface area contributed by atoms with E-state index in [4.69, 9.17) is 11.6 Å². The maximum atomic E-state index is 12.1. The maximum Gasteiger partial charge on any atom is 0.214 e. The van der Waals surface area contributed by atoms with E-state index in [0.717, 1.165) is 25.7 Å². The number of nitrogens with zero attached hydrogens (tertiary/aromatic N) is 1. The Labute approximate surface area is 111 Å². The molecule has 1 heterocycles. The third kappa shape index (κ3) is 3.83. The second-order valence-electron chi connectivity index (χ2n) is 5.00. The first-order valence-electron chi connectivity index (χ1n) is 6.53. The zero-order chi connectivity index (χ0) is 12.9. The molecule has 1 rings (SSSR count). The summed E-state index contributed by atoms with van der Waals surface area (Å²) < 4.78 is 25.9. The van der Waals surface area contributed by atoms with Crippen molar-refractivity contribution in [1.82, 2.24) is 4.31 Å². The number of sulfonamides is 1. The van der Waals surface area contributed by atoms with E-state index in [1.807, 2.05) is 0 Å². The number of hydrogen-bond donors (Lipinski definition) is 0.